The van der Waals surface area contributed by atoms with Crippen LogP contribution in [0.2, 0.25) is 0 Å². The van der Waals surface area contributed by atoms with Crippen LogP contribution in [0.4, 0.5) is 0 Å². The number of nitrogens with zero attached hydrogens (tertiary/aromatic N) is 2. The molecule has 4 nitrogen and oxygen atoms in total. The normalized spacial score (nSPS) is 15.2. The highest BCUT2D eigenvalue weighted by molar-refractivity contribution is 9.10. The minimum absolute atomic E-state index is 0.00247. The van der Waals surface area contributed by atoms with E-state index in [1.54, 1.807) is 0 Å². The van der Waals surface area contributed by atoms with E-state index in [0.717, 1.165) is 55.7 Å². The maximum atomic E-state index is 4.92. The molecule has 5 heterocycles. The minimum atomic E-state index is -0.00247. The van der Waals surface area contributed by atoms with E-state index in [9.17, 15) is 0 Å². The van der Waals surface area contributed by atoms with Crippen molar-refractivity contribution in [3.8, 4) is 0 Å². The van der Waals surface area contributed by atoms with E-state index in [2.05, 4.69) is 87.2 Å². The zero-order valence-corrected chi connectivity index (χ0v) is 16.8. The Morgan fingerprint density at radius 1 is 0.852 bits per heavy atom. The van der Waals surface area contributed by atoms with Crippen LogP contribution in [0.5, 0.6) is 0 Å². The van der Waals surface area contributed by atoms with Crippen LogP contribution in [-0.2, 0) is 11.8 Å². The molecular formula is C22H19BrN4. The summed E-state index contributed by atoms with van der Waals surface area (Å²) in [5.41, 5.74) is 8.19. The van der Waals surface area contributed by atoms with Gasteiger partial charge in [-0.2, -0.15) is 0 Å². The smallest absolute Gasteiger partial charge is 0.0658 e. The predicted molar refractivity (Wildman–Crippen MR) is 114 cm³/mol. The van der Waals surface area contributed by atoms with E-state index in [4.69, 9.17) is 4.98 Å². The minimum Gasteiger partial charge on any atom is -0.355 e. The molecule has 0 amide bonds. The molecule has 0 fully saturated rings. The number of rotatable bonds is 0. The molecule has 3 aromatic rings. The Bertz CT molecular complexity index is 1240. The fourth-order valence-electron chi connectivity index (χ4n) is 3.64. The summed E-state index contributed by atoms with van der Waals surface area (Å²) in [5.74, 6) is 0. The number of halogens is 1. The molecule has 8 bridgehead atoms. The van der Waals surface area contributed by atoms with Crippen molar-refractivity contribution in [1.29, 1.82) is 0 Å². The largest absolute Gasteiger partial charge is 0.355 e. The van der Waals surface area contributed by atoms with Crippen LogP contribution < -0.4 is 0 Å². The summed E-state index contributed by atoms with van der Waals surface area (Å²) in [5, 5.41) is 0. The van der Waals surface area contributed by atoms with Crippen LogP contribution in [0, 0.1) is 0 Å². The van der Waals surface area contributed by atoms with E-state index < -0.39 is 0 Å². The van der Waals surface area contributed by atoms with Crippen LogP contribution in [0.15, 0.2) is 46.9 Å². The highest BCUT2D eigenvalue weighted by Crippen LogP contribution is 2.32. The first-order valence-electron chi connectivity index (χ1n) is 9.00. The average Bonchev–Trinajstić information content (AvgIpc) is 3.33. The van der Waals surface area contributed by atoms with Gasteiger partial charge in [-0.15, -0.1) is 0 Å². The number of nitrogens with one attached hydrogen (secondary N) is 2. The number of aromatic nitrogens is 4. The molecule has 3 aromatic heterocycles. The van der Waals surface area contributed by atoms with Gasteiger partial charge in [0.05, 0.1) is 16.9 Å². The van der Waals surface area contributed by atoms with Crippen LogP contribution in [-0.4, -0.2) is 19.9 Å². The van der Waals surface area contributed by atoms with Gasteiger partial charge in [0, 0.05) is 44.2 Å². The maximum absolute atomic E-state index is 4.92. The molecule has 5 heteroatoms. The summed E-state index contributed by atoms with van der Waals surface area (Å²) in [7, 11) is 0. The van der Waals surface area contributed by atoms with Gasteiger partial charge in [0.2, 0.25) is 0 Å². The first-order chi connectivity index (χ1) is 12.9. The summed E-state index contributed by atoms with van der Waals surface area (Å²) in [6.07, 6.45) is 4.98. The van der Waals surface area contributed by atoms with E-state index >= 15 is 0 Å². The van der Waals surface area contributed by atoms with Crippen molar-refractivity contribution in [2.75, 3.05) is 0 Å². The number of H-pyrrole nitrogens is 2. The highest BCUT2D eigenvalue weighted by atomic mass is 79.9. The molecule has 27 heavy (non-hydrogen) atoms. The molecule has 0 saturated carbocycles. The lowest BCUT2D eigenvalue weighted by Gasteiger charge is -2.15. The Morgan fingerprint density at radius 2 is 1.56 bits per heavy atom. The van der Waals surface area contributed by atoms with E-state index in [1.807, 2.05) is 12.2 Å². The van der Waals surface area contributed by atoms with Gasteiger partial charge in [0.15, 0.2) is 0 Å². The summed E-state index contributed by atoms with van der Waals surface area (Å²) in [6.45, 7) is 4.48. The fourth-order valence-corrected chi connectivity index (χ4v) is 4.10. The first-order valence-corrected chi connectivity index (χ1v) is 9.79. The molecule has 0 radical (unpaired) electrons. The van der Waals surface area contributed by atoms with Gasteiger partial charge >= 0.3 is 0 Å². The molecule has 0 atom stereocenters. The number of hydrogen-bond donors (Lipinski definition) is 2. The summed E-state index contributed by atoms with van der Waals surface area (Å²) < 4.78 is 1.03. The Morgan fingerprint density at radius 3 is 2.33 bits per heavy atom. The molecule has 0 aromatic carbocycles. The van der Waals surface area contributed by atoms with E-state index in [1.165, 1.54) is 0 Å². The zero-order valence-electron chi connectivity index (χ0n) is 15.2. The van der Waals surface area contributed by atoms with Crippen molar-refractivity contribution in [3.05, 3.63) is 69.7 Å². The van der Waals surface area contributed by atoms with Crippen molar-refractivity contribution < 1.29 is 0 Å². The molecule has 134 valence electrons. The molecular weight excluding hydrogens is 400 g/mol. The molecule has 5 rings (SSSR count). The van der Waals surface area contributed by atoms with Crippen LogP contribution in [0.3, 0.4) is 0 Å². The lowest BCUT2D eigenvalue weighted by atomic mass is 9.87. The number of fused-ring (bicyclic) bond motifs is 8. The molecule has 2 N–H and O–H groups in total. The molecule has 2 aliphatic heterocycles. The van der Waals surface area contributed by atoms with Gasteiger partial charge in [-0.05, 0) is 70.5 Å². The van der Waals surface area contributed by atoms with Crippen molar-refractivity contribution in [2.24, 2.45) is 0 Å². The quantitative estimate of drug-likeness (QED) is 0.380. The molecule has 0 saturated heterocycles. The van der Waals surface area contributed by atoms with Crippen molar-refractivity contribution >= 4 is 50.1 Å². The van der Waals surface area contributed by atoms with Crippen molar-refractivity contribution in [3.63, 3.8) is 0 Å². The summed E-state index contributed by atoms with van der Waals surface area (Å²) in [4.78, 5) is 16.5. The Kier molecular flexibility index (Phi) is 3.62. The third kappa shape index (κ3) is 3.12. The van der Waals surface area contributed by atoms with Crippen LogP contribution >= 0.6 is 15.9 Å². The molecule has 0 aliphatic carbocycles. The molecule has 0 spiro atoms. The second kappa shape index (κ2) is 5.92. The summed E-state index contributed by atoms with van der Waals surface area (Å²) >= 11 is 3.67. The topological polar surface area (TPSA) is 57.4 Å². The Balaban J connectivity index is 1.87. The Labute approximate surface area is 165 Å². The standard InChI is InChI=1S/C22H19BrN4/c1-22(2)12-18-9-16-6-4-14(25-16)7-13-3-5-15(24-13)8-17-10-19(23)20(26-17)11-21(22)27-18/h3-11,25-26H,12H2,1-2H3. The predicted octanol–water partition coefficient (Wildman–Crippen LogP) is 5.77. The number of aromatic amines is 2. The lowest BCUT2D eigenvalue weighted by Crippen LogP contribution is -2.14. The third-order valence-electron chi connectivity index (χ3n) is 5.02. The van der Waals surface area contributed by atoms with Crippen LogP contribution in [0.1, 0.15) is 36.6 Å². The van der Waals surface area contributed by atoms with Gasteiger partial charge in [0.1, 0.15) is 0 Å². The molecule has 2 aliphatic rings. The summed E-state index contributed by atoms with van der Waals surface area (Å²) in [6, 6.07) is 14.6. The fraction of sp³-hybridized carbons (Fsp3) is 0.182. The van der Waals surface area contributed by atoms with Crippen molar-refractivity contribution in [1.82, 2.24) is 19.9 Å². The maximum Gasteiger partial charge on any atom is 0.0658 e. The Hall–Kier alpha value is -2.66. The first kappa shape index (κ1) is 16.5. The second-order valence-corrected chi connectivity index (χ2v) is 8.63. The third-order valence-corrected chi connectivity index (χ3v) is 5.68. The van der Waals surface area contributed by atoms with Gasteiger partial charge in [-0.1, -0.05) is 13.8 Å². The number of hydrogen-bond acceptors (Lipinski definition) is 2. The van der Waals surface area contributed by atoms with Crippen LogP contribution in [0.25, 0.3) is 34.2 Å². The van der Waals surface area contributed by atoms with Gasteiger partial charge in [-0.25, -0.2) is 4.98 Å². The monoisotopic (exact) mass is 418 g/mol. The zero-order chi connectivity index (χ0) is 18.6. The molecule has 0 unspecified atom stereocenters. The van der Waals surface area contributed by atoms with Gasteiger partial charge in [0.25, 0.3) is 0 Å². The van der Waals surface area contributed by atoms with Gasteiger partial charge in [-0.3, -0.25) is 4.98 Å². The van der Waals surface area contributed by atoms with Crippen molar-refractivity contribution in [2.45, 2.75) is 25.7 Å². The van der Waals surface area contributed by atoms with E-state index in [-0.39, 0.29) is 5.41 Å². The van der Waals surface area contributed by atoms with E-state index in [0.29, 0.717) is 0 Å². The average molecular weight is 419 g/mol. The lowest BCUT2D eigenvalue weighted by molar-refractivity contribution is 0.543. The second-order valence-electron chi connectivity index (χ2n) is 7.78. The highest BCUT2D eigenvalue weighted by Gasteiger charge is 2.28. The SMILES string of the molecule is CC1(C)Cc2cc3ccc(cc4nc(cc5cc(Br)c(cc1n2)[nH]5)C=C4)[nH]3. The van der Waals surface area contributed by atoms with Gasteiger partial charge < -0.3 is 9.97 Å².